The molecule has 19 heavy (non-hydrogen) atoms. The maximum Gasteiger partial charge on any atom is 0.293 e. The predicted molar refractivity (Wildman–Crippen MR) is 75.6 cm³/mol. The van der Waals surface area contributed by atoms with Crippen molar-refractivity contribution in [3.63, 3.8) is 0 Å². The van der Waals surface area contributed by atoms with Crippen LogP contribution in [0.5, 0.6) is 0 Å². The van der Waals surface area contributed by atoms with Crippen molar-refractivity contribution >= 4 is 28.6 Å². The largest absolute Gasteiger partial charge is 0.410 e. The summed E-state index contributed by atoms with van der Waals surface area (Å²) in [6.07, 6.45) is 0. The zero-order chi connectivity index (χ0) is 13.7. The molecular formula is C13H13N3O2S. The van der Waals surface area contributed by atoms with Gasteiger partial charge in [-0.05, 0) is 36.1 Å². The van der Waals surface area contributed by atoms with Gasteiger partial charge in [0.15, 0.2) is 5.71 Å². The summed E-state index contributed by atoms with van der Waals surface area (Å²) in [6, 6.07) is 11.1. The number of carbonyl (C=O) groups excluding carboxylic acids is 1. The lowest BCUT2D eigenvalue weighted by atomic mass is 10.2. The monoisotopic (exact) mass is 275 g/mol. The molecule has 1 heterocycles. The van der Waals surface area contributed by atoms with Crippen molar-refractivity contribution in [1.29, 1.82) is 0 Å². The molecule has 2 aromatic rings. The molecule has 0 aliphatic heterocycles. The first-order valence-corrected chi connectivity index (χ1v) is 6.47. The molecule has 0 spiro atoms. The zero-order valence-corrected chi connectivity index (χ0v) is 11.1. The fourth-order valence-electron chi connectivity index (χ4n) is 1.53. The normalized spacial score (nSPS) is 11.1. The lowest BCUT2D eigenvalue weighted by Crippen LogP contribution is -2.35. The minimum atomic E-state index is -0.494. The average molecular weight is 275 g/mol. The highest BCUT2D eigenvalue weighted by molar-refractivity contribution is 7.13. The van der Waals surface area contributed by atoms with E-state index in [1.165, 1.54) is 11.3 Å². The molecule has 1 amide bonds. The third kappa shape index (κ3) is 3.32. The Balaban J connectivity index is 2.01. The topological polar surface area (TPSA) is 73.7 Å². The van der Waals surface area contributed by atoms with E-state index in [4.69, 9.17) is 5.21 Å². The van der Waals surface area contributed by atoms with Gasteiger partial charge in [-0.15, -0.1) is 11.3 Å². The minimum Gasteiger partial charge on any atom is -0.410 e. The van der Waals surface area contributed by atoms with E-state index in [2.05, 4.69) is 16.0 Å². The van der Waals surface area contributed by atoms with Crippen molar-refractivity contribution < 1.29 is 10.0 Å². The first kappa shape index (κ1) is 13.1. The Morgan fingerprint density at radius 2 is 2.16 bits per heavy atom. The lowest BCUT2D eigenvalue weighted by Gasteiger charge is -2.09. The number of oxime groups is 1. The smallest absolute Gasteiger partial charge is 0.293 e. The predicted octanol–water partition coefficient (Wildman–Crippen LogP) is 2.38. The van der Waals surface area contributed by atoms with Crippen LogP contribution in [-0.2, 0) is 4.79 Å². The highest BCUT2D eigenvalue weighted by Gasteiger charge is 2.15. The fourth-order valence-corrected chi connectivity index (χ4v) is 2.24. The number of hydrogen-bond donors (Lipinski definition) is 3. The molecule has 0 atom stereocenters. The number of benzene rings is 1. The van der Waals surface area contributed by atoms with Gasteiger partial charge in [-0.1, -0.05) is 23.4 Å². The van der Waals surface area contributed by atoms with E-state index < -0.39 is 5.91 Å². The summed E-state index contributed by atoms with van der Waals surface area (Å²) in [5.74, 6) is -0.494. The van der Waals surface area contributed by atoms with Crippen LogP contribution in [0.2, 0.25) is 0 Å². The van der Waals surface area contributed by atoms with Gasteiger partial charge in [-0.25, -0.2) is 0 Å². The number of carbonyl (C=O) groups is 1. The van der Waals surface area contributed by atoms with Gasteiger partial charge < -0.3 is 5.21 Å². The Hall–Kier alpha value is -2.34. The summed E-state index contributed by atoms with van der Waals surface area (Å²) >= 11 is 1.33. The Morgan fingerprint density at radius 1 is 1.32 bits per heavy atom. The second-order valence-corrected chi connectivity index (χ2v) is 4.82. The van der Waals surface area contributed by atoms with Gasteiger partial charge in [0.05, 0.1) is 10.6 Å². The number of amides is 1. The van der Waals surface area contributed by atoms with Crippen molar-refractivity contribution in [2.45, 2.75) is 6.92 Å². The van der Waals surface area contributed by atoms with E-state index in [1.807, 2.05) is 36.6 Å². The first-order valence-electron chi connectivity index (χ1n) is 5.59. The summed E-state index contributed by atoms with van der Waals surface area (Å²) in [4.78, 5) is 12.5. The van der Waals surface area contributed by atoms with Crippen LogP contribution in [-0.4, -0.2) is 16.8 Å². The quantitative estimate of drug-likeness (QED) is 0.455. The van der Waals surface area contributed by atoms with E-state index in [-0.39, 0.29) is 5.71 Å². The molecule has 0 fully saturated rings. The molecule has 0 bridgehead atoms. The summed E-state index contributed by atoms with van der Waals surface area (Å²) < 4.78 is 0. The van der Waals surface area contributed by atoms with Gasteiger partial charge in [-0.2, -0.15) is 0 Å². The number of nitrogens with one attached hydrogen (secondary N) is 2. The summed E-state index contributed by atoms with van der Waals surface area (Å²) in [6.45, 7) is 1.96. The standard InChI is InChI=1S/C13H13N3O2S/c1-9-4-2-5-10(8-9)14-15-13(17)12(16-18)11-6-3-7-19-11/h2-8,14,18H,1H3,(H,15,17)/b16-12-. The summed E-state index contributed by atoms with van der Waals surface area (Å²) in [7, 11) is 0. The number of rotatable bonds is 4. The van der Waals surface area contributed by atoms with E-state index in [9.17, 15) is 4.79 Å². The second kappa shape index (κ2) is 6.01. The second-order valence-electron chi connectivity index (χ2n) is 3.87. The SMILES string of the molecule is Cc1cccc(NNC(=O)/C(=N\O)c2cccs2)c1. The summed E-state index contributed by atoms with van der Waals surface area (Å²) in [5, 5.41) is 13.8. The van der Waals surface area contributed by atoms with E-state index >= 15 is 0 Å². The number of hydrogen-bond acceptors (Lipinski definition) is 5. The summed E-state index contributed by atoms with van der Waals surface area (Å²) in [5.41, 5.74) is 7.09. The van der Waals surface area contributed by atoms with Crippen LogP contribution in [0.25, 0.3) is 0 Å². The Bertz CT molecular complexity index is 594. The van der Waals surface area contributed by atoms with Crippen LogP contribution in [0.3, 0.4) is 0 Å². The van der Waals surface area contributed by atoms with Crippen molar-refractivity contribution in [3.8, 4) is 0 Å². The van der Waals surface area contributed by atoms with Crippen LogP contribution in [0, 0.1) is 6.92 Å². The van der Waals surface area contributed by atoms with Crippen LogP contribution in [0.4, 0.5) is 5.69 Å². The van der Waals surface area contributed by atoms with E-state index in [0.717, 1.165) is 11.3 Å². The maximum absolute atomic E-state index is 11.9. The van der Waals surface area contributed by atoms with Crippen LogP contribution in [0.15, 0.2) is 46.9 Å². The fraction of sp³-hybridized carbons (Fsp3) is 0.0769. The van der Waals surface area contributed by atoms with Crippen LogP contribution in [0.1, 0.15) is 10.4 Å². The Morgan fingerprint density at radius 3 is 2.79 bits per heavy atom. The molecule has 0 saturated carbocycles. The first-order chi connectivity index (χ1) is 9.20. The van der Waals surface area contributed by atoms with Crippen molar-refractivity contribution in [2.24, 2.45) is 5.16 Å². The maximum atomic E-state index is 11.9. The van der Waals surface area contributed by atoms with Crippen molar-refractivity contribution in [2.75, 3.05) is 5.43 Å². The van der Waals surface area contributed by atoms with E-state index in [0.29, 0.717) is 4.88 Å². The molecule has 0 aliphatic rings. The van der Waals surface area contributed by atoms with Gasteiger partial charge in [0.1, 0.15) is 0 Å². The van der Waals surface area contributed by atoms with Gasteiger partial charge >= 0.3 is 0 Å². The van der Waals surface area contributed by atoms with Crippen molar-refractivity contribution in [3.05, 3.63) is 52.2 Å². The molecule has 2 rings (SSSR count). The third-order valence-corrected chi connectivity index (χ3v) is 3.28. The molecule has 3 N–H and O–H groups in total. The minimum absolute atomic E-state index is 0.0184. The zero-order valence-electron chi connectivity index (χ0n) is 10.3. The number of nitrogens with zero attached hydrogens (tertiary/aromatic N) is 1. The highest BCUT2D eigenvalue weighted by Crippen LogP contribution is 2.11. The average Bonchev–Trinajstić information content (AvgIpc) is 2.91. The number of hydrazine groups is 1. The van der Waals surface area contributed by atoms with Gasteiger partial charge in [-0.3, -0.25) is 15.6 Å². The number of anilines is 1. The molecule has 1 aromatic carbocycles. The molecule has 6 heteroatoms. The Kier molecular flexibility index (Phi) is 4.15. The Labute approximate surface area is 114 Å². The molecule has 5 nitrogen and oxygen atoms in total. The molecule has 0 saturated heterocycles. The molecule has 98 valence electrons. The van der Waals surface area contributed by atoms with Crippen LogP contribution >= 0.6 is 11.3 Å². The molecular weight excluding hydrogens is 262 g/mol. The van der Waals surface area contributed by atoms with Gasteiger partial charge in [0.2, 0.25) is 0 Å². The number of aryl methyl sites for hydroxylation is 1. The molecule has 0 aliphatic carbocycles. The van der Waals surface area contributed by atoms with Gasteiger partial charge in [0.25, 0.3) is 5.91 Å². The third-order valence-electron chi connectivity index (χ3n) is 2.41. The van der Waals surface area contributed by atoms with Crippen molar-refractivity contribution in [1.82, 2.24) is 5.43 Å². The van der Waals surface area contributed by atoms with Crippen LogP contribution < -0.4 is 10.9 Å². The molecule has 0 unspecified atom stereocenters. The number of thiophene rings is 1. The van der Waals surface area contributed by atoms with E-state index in [1.54, 1.807) is 12.1 Å². The highest BCUT2D eigenvalue weighted by atomic mass is 32.1. The lowest BCUT2D eigenvalue weighted by molar-refractivity contribution is -0.114. The van der Waals surface area contributed by atoms with Gasteiger partial charge in [0, 0.05) is 0 Å². The molecule has 0 radical (unpaired) electrons. The molecule has 1 aromatic heterocycles.